The average Bonchev–Trinajstić information content (AvgIpc) is 3.08. The SMILES string of the molecule is O=C1CCCN1CCOc1cc(Br)ccc1-c1cc(=O)c2cccc(Cl)c2o1. The fraction of sp³-hybridized carbons (Fsp3) is 0.238. The smallest absolute Gasteiger partial charge is 0.222 e. The van der Waals surface area contributed by atoms with E-state index < -0.39 is 0 Å². The van der Waals surface area contributed by atoms with Gasteiger partial charge >= 0.3 is 0 Å². The van der Waals surface area contributed by atoms with Crippen LogP contribution < -0.4 is 10.2 Å². The molecule has 5 nitrogen and oxygen atoms in total. The van der Waals surface area contributed by atoms with E-state index in [0.717, 1.165) is 17.4 Å². The largest absolute Gasteiger partial charge is 0.491 e. The van der Waals surface area contributed by atoms with Crippen LogP contribution >= 0.6 is 27.5 Å². The molecule has 1 amide bonds. The standard InChI is InChI=1S/C21H17BrClNO4/c22-13-6-7-15(18(11-13)27-10-9-24-8-2-5-20(24)26)19-12-17(25)14-3-1-4-16(23)21(14)28-19/h1,3-4,6-7,11-12H,2,5,8-10H2. The number of para-hydroxylation sites is 1. The van der Waals surface area contributed by atoms with Crippen LogP contribution in [0.2, 0.25) is 5.02 Å². The van der Waals surface area contributed by atoms with Crippen molar-refractivity contribution in [2.75, 3.05) is 19.7 Å². The quantitative estimate of drug-likeness (QED) is 0.542. The summed E-state index contributed by atoms with van der Waals surface area (Å²) < 4.78 is 12.7. The number of benzene rings is 2. The normalized spacial score (nSPS) is 14.1. The molecule has 0 radical (unpaired) electrons. The van der Waals surface area contributed by atoms with Crippen molar-refractivity contribution in [3.8, 4) is 17.1 Å². The van der Waals surface area contributed by atoms with Gasteiger partial charge in [-0.3, -0.25) is 9.59 Å². The van der Waals surface area contributed by atoms with Crippen molar-refractivity contribution in [3.63, 3.8) is 0 Å². The number of nitrogens with zero attached hydrogens (tertiary/aromatic N) is 1. The van der Waals surface area contributed by atoms with E-state index in [4.69, 9.17) is 20.8 Å². The van der Waals surface area contributed by atoms with E-state index in [9.17, 15) is 9.59 Å². The molecule has 1 aliphatic rings. The maximum absolute atomic E-state index is 12.5. The molecule has 1 fully saturated rings. The summed E-state index contributed by atoms with van der Waals surface area (Å²) in [5.41, 5.74) is 0.827. The van der Waals surface area contributed by atoms with Gasteiger partial charge in [0.2, 0.25) is 5.91 Å². The number of rotatable bonds is 5. The van der Waals surface area contributed by atoms with E-state index in [1.54, 1.807) is 23.1 Å². The minimum Gasteiger partial charge on any atom is -0.491 e. The van der Waals surface area contributed by atoms with E-state index in [0.29, 0.717) is 52.6 Å². The van der Waals surface area contributed by atoms with Gasteiger partial charge in [0.1, 0.15) is 18.1 Å². The number of halogens is 2. The summed E-state index contributed by atoms with van der Waals surface area (Å²) in [6.07, 6.45) is 1.50. The highest BCUT2D eigenvalue weighted by molar-refractivity contribution is 9.10. The van der Waals surface area contributed by atoms with Crippen LogP contribution in [0.15, 0.2) is 56.1 Å². The first-order valence-corrected chi connectivity index (χ1v) is 10.1. The van der Waals surface area contributed by atoms with Crippen LogP contribution in [0.1, 0.15) is 12.8 Å². The molecule has 1 aromatic heterocycles. The second-order valence-electron chi connectivity index (χ2n) is 6.56. The first-order chi connectivity index (χ1) is 13.5. The van der Waals surface area contributed by atoms with E-state index in [1.807, 2.05) is 18.2 Å². The Morgan fingerprint density at radius 2 is 2.04 bits per heavy atom. The Balaban J connectivity index is 1.66. The second kappa shape index (κ2) is 7.97. The van der Waals surface area contributed by atoms with Gasteiger partial charge < -0.3 is 14.1 Å². The third kappa shape index (κ3) is 3.80. The van der Waals surface area contributed by atoms with Gasteiger partial charge in [-0.05, 0) is 36.8 Å². The summed E-state index contributed by atoms with van der Waals surface area (Å²) in [7, 11) is 0. The summed E-state index contributed by atoms with van der Waals surface area (Å²) in [5.74, 6) is 1.11. The van der Waals surface area contributed by atoms with Crippen LogP contribution in [0, 0.1) is 0 Å². The zero-order valence-electron chi connectivity index (χ0n) is 14.9. The third-order valence-corrected chi connectivity index (χ3v) is 5.50. The topological polar surface area (TPSA) is 59.8 Å². The molecule has 2 aromatic carbocycles. The van der Waals surface area contributed by atoms with Crippen LogP contribution in [0.5, 0.6) is 5.75 Å². The number of fused-ring (bicyclic) bond motifs is 1. The molecule has 0 atom stereocenters. The maximum Gasteiger partial charge on any atom is 0.222 e. The van der Waals surface area contributed by atoms with Crippen LogP contribution in [0.25, 0.3) is 22.3 Å². The third-order valence-electron chi connectivity index (χ3n) is 4.71. The zero-order valence-corrected chi connectivity index (χ0v) is 17.3. The predicted octanol–water partition coefficient (Wildman–Crippen LogP) is 4.88. The minimum atomic E-state index is -0.171. The number of amides is 1. The summed E-state index contributed by atoms with van der Waals surface area (Å²) in [4.78, 5) is 26.1. The fourth-order valence-electron chi connectivity index (χ4n) is 3.30. The molecule has 0 bridgehead atoms. The molecule has 0 unspecified atom stereocenters. The predicted molar refractivity (Wildman–Crippen MR) is 112 cm³/mol. The molecule has 0 aliphatic carbocycles. The molecular formula is C21H17BrClNO4. The van der Waals surface area contributed by atoms with Gasteiger partial charge in [0.25, 0.3) is 0 Å². The van der Waals surface area contributed by atoms with Crippen LogP contribution in [-0.2, 0) is 4.79 Å². The summed E-state index contributed by atoms with van der Waals surface area (Å²) in [6, 6.07) is 12.0. The summed E-state index contributed by atoms with van der Waals surface area (Å²) in [6.45, 7) is 1.65. The Hall–Kier alpha value is -2.31. The van der Waals surface area contributed by atoms with Gasteiger partial charge in [0, 0.05) is 23.5 Å². The second-order valence-corrected chi connectivity index (χ2v) is 7.89. The van der Waals surface area contributed by atoms with E-state index in [1.165, 1.54) is 6.07 Å². The lowest BCUT2D eigenvalue weighted by atomic mass is 10.1. The number of hydrogen-bond acceptors (Lipinski definition) is 4. The Morgan fingerprint density at radius 1 is 1.18 bits per heavy atom. The highest BCUT2D eigenvalue weighted by Gasteiger charge is 2.20. The molecule has 0 N–H and O–H groups in total. The van der Waals surface area contributed by atoms with E-state index in [-0.39, 0.29) is 11.3 Å². The van der Waals surface area contributed by atoms with Crippen molar-refractivity contribution in [3.05, 3.63) is 62.2 Å². The molecule has 7 heteroatoms. The monoisotopic (exact) mass is 461 g/mol. The molecule has 144 valence electrons. The molecule has 2 heterocycles. The molecule has 28 heavy (non-hydrogen) atoms. The van der Waals surface area contributed by atoms with E-state index >= 15 is 0 Å². The number of carbonyl (C=O) groups excluding carboxylic acids is 1. The zero-order chi connectivity index (χ0) is 19.7. The highest BCUT2D eigenvalue weighted by Crippen LogP contribution is 2.34. The van der Waals surface area contributed by atoms with Crippen LogP contribution in [-0.4, -0.2) is 30.5 Å². The van der Waals surface area contributed by atoms with Crippen molar-refractivity contribution in [2.45, 2.75) is 12.8 Å². The van der Waals surface area contributed by atoms with Crippen LogP contribution in [0.4, 0.5) is 0 Å². The van der Waals surface area contributed by atoms with Gasteiger partial charge in [-0.1, -0.05) is 33.6 Å². The number of carbonyl (C=O) groups is 1. The van der Waals surface area contributed by atoms with Crippen molar-refractivity contribution < 1.29 is 13.9 Å². The Bertz CT molecular complexity index is 1110. The first kappa shape index (κ1) is 19.0. The highest BCUT2D eigenvalue weighted by atomic mass is 79.9. The number of hydrogen-bond donors (Lipinski definition) is 0. The van der Waals surface area contributed by atoms with Gasteiger partial charge in [0.05, 0.1) is 22.5 Å². The Labute approximate surface area is 175 Å². The lowest BCUT2D eigenvalue weighted by molar-refractivity contribution is -0.128. The van der Waals surface area contributed by atoms with Crippen LogP contribution in [0.3, 0.4) is 0 Å². The molecule has 1 aliphatic heterocycles. The van der Waals surface area contributed by atoms with Crippen molar-refractivity contribution in [2.24, 2.45) is 0 Å². The van der Waals surface area contributed by atoms with Gasteiger partial charge in [-0.2, -0.15) is 0 Å². The fourth-order valence-corrected chi connectivity index (χ4v) is 3.85. The molecule has 0 saturated carbocycles. The van der Waals surface area contributed by atoms with Gasteiger partial charge in [-0.15, -0.1) is 0 Å². The van der Waals surface area contributed by atoms with E-state index in [2.05, 4.69) is 15.9 Å². The van der Waals surface area contributed by atoms with Gasteiger partial charge in [-0.25, -0.2) is 0 Å². The number of likely N-dealkylation sites (tertiary alicyclic amines) is 1. The summed E-state index contributed by atoms with van der Waals surface area (Å²) in [5, 5.41) is 0.812. The lowest BCUT2D eigenvalue weighted by Gasteiger charge is -2.17. The van der Waals surface area contributed by atoms with Gasteiger partial charge in [0.15, 0.2) is 11.0 Å². The summed E-state index contributed by atoms with van der Waals surface area (Å²) >= 11 is 9.66. The molecule has 3 aromatic rings. The number of ether oxygens (including phenoxy) is 1. The van der Waals surface area contributed by atoms with Crippen molar-refractivity contribution in [1.82, 2.24) is 4.90 Å². The maximum atomic E-state index is 12.5. The van der Waals surface area contributed by atoms with Crippen molar-refractivity contribution >= 4 is 44.4 Å². The Morgan fingerprint density at radius 3 is 2.82 bits per heavy atom. The minimum absolute atomic E-state index is 0.160. The molecule has 0 spiro atoms. The molecule has 4 rings (SSSR count). The Kier molecular flexibility index (Phi) is 5.42. The van der Waals surface area contributed by atoms with Crippen molar-refractivity contribution in [1.29, 1.82) is 0 Å². The lowest BCUT2D eigenvalue weighted by Crippen LogP contribution is -2.29. The molecule has 1 saturated heterocycles. The molecular weight excluding hydrogens is 446 g/mol. The first-order valence-electron chi connectivity index (χ1n) is 8.96. The average molecular weight is 463 g/mol.